The van der Waals surface area contributed by atoms with Crippen LogP contribution in [0, 0.1) is 0 Å². The summed E-state index contributed by atoms with van der Waals surface area (Å²) in [6.45, 7) is 0.427. The Kier molecular flexibility index (Phi) is 4.54. The number of carbonyl (C=O) groups excluding carboxylic acids is 1. The number of thiazole rings is 1. The van der Waals surface area contributed by atoms with Gasteiger partial charge in [0.15, 0.2) is 10.9 Å². The third-order valence-electron chi connectivity index (χ3n) is 3.11. The number of nitrogens with zero attached hydrogens (tertiary/aromatic N) is 2. The minimum absolute atomic E-state index is 0.229. The maximum absolute atomic E-state index is 11.8. The van der Waals surface area contributed by atoms with Gasteiger partial charge in [-0.2, -0.15) is 5.10 Å². The van der Waals surface area contributed by atoms with Crippen molar-refractivity contribution in [2.45, 2.75) is 6.54 Å². The van der Waals surface area contributed by atoms with Crippen LogP contribution in [0.4, 0.5) is 22.5 Å². The largest absolute Gasteiger partial charge is 0.375 e. The Morgan fingerprint density at radius 1 is 1.42 bits per heavy atom. The van der Waals surface area contributed by atoms with Crippen molar-refractivity contribution in [3.63, 3.8) is 0 Å². The second-order valence-corrected chi connectivity index (χ2v) is 6.42. The van der Waals surface area contributed by atoms with Crippen molar-refractivity contribution < 1.29 is 4.79 Å². The van der Waals surface area contributed by atoms with Crippen LogP contribution in [0.5, 0.6) is 0 Å². The average molecular weight is 364 g/mol. The lowest BCUT2D eigenvalue weighted by Crippen LogP contribution is -2.15. The molecule has 2 heterocycles. The van der Waals surface area contributed by atoms with Crippen molar-refractivity contribution in [2.24, 2.45) is 5.73 Å². The smallest absolute Gasteiger partial charge is 0.256 e. The molecule has 8 nitrogen and oxygen atoms in total. The molecule has 3 rings (SSSR count). The standard InChI is InChI=1S/C14H14ClN7OS/c15-7-2-1-3-8(4-7)20-13-10(11(16)23)12(21-22-13)18-5-9-6-19-14(17)24-9/h1-4,6H,5H2,(H2,16,23)(H2,17,19)(H3,18,20,21,22). The Morgan fingerprint density at radius 3 is 2.92 bits per heavy atom. The van der Waals surface area contributed by atoms with E-state index in [0.29, 0.717) is 34.0 Å². The number of hydrogen-bond acceptors (Lipinski definition) is 7. The molecule has 10 heteroatoms. The molecule has 3 aromatic rings. The van der Waals surface area contributed by atoms with Gasteiger partial charge in [-0.3, -0.25) is 9.89 Å². The highest BCUT2D eigenvalue weighted by atomic mass is 35.5. The summed E-state index contributed by atoms with van der Waals surface area (Å²) < 4.78 is 0. The average Bonchev–Trinajstić information content (AvgIpc) is 3.11. The van der Waals surface area contributed by atoms with E-state index in [2.05, 4.69) is 25.8 Å². The van der Waals surface area contributed by atoms with E-state index in [1.54, 1.807) is 24.4 Å². The van der Waals surface area contributed by atoms with Crippen LogP contribution < -0.4 is 22.1 Å². The number of nitrogens with one attached hydrogen (secondary N) is 3. The van der Waals surface area contributed by atoms with Crippen molar-refractivity contribution >= 4 is 51.3 Å². The number of anilines is 4. The molecular formula is C14H14ClN7OS. The SMILES string of the molecule is NC(=O)c1c(NCc2cnc(N)s2)n[nH]c1Nc1cccc(Cl)c1. The fourth-order valence-electron chi connectivity index (χ4n) is 2.09. The van der Waals surface area contributed by atoms with Gasteiger partial charge in [0.25, 0.3) is 5.91 Å². The van der Waals surface area contributed by atoms with Crippen molar-refractivity contribution in [1.82, 2.24) is 15.2 Å². The first-order valence-corrected chi connectivity index (χ1v) is 8.07. The minimum Gasteiger partial charge on any atom is -0.375 e. The second-order valence-electron chi connectivity index (χ2n) is 4.84. The second kappa shape index (κ2) is 6.77. The Morgan fingerprint density at radius 2 is 2.25 bits per heavy atom. The third kappa shape index (κ3) is 3.58. The number of hydrogen-bond donors (Lipinski definition) is 5. The number of primary amides is 1. The lowest BCUT2D eigenvalue weighted by atomic mass is 10.2. The summed E-state index contributed by atoms with van der Waals surface area (Å²) in [5.74, 6) is 0.120. The van der Waals surface area contributed by atoms with E-state index in [9.17, 15) is 4.79 Å². The summed E-state index contributed by atoms with van der Waals surface area (Å²) in [5, 5.41) is 14.0. The van der Waals surface area contributed by atoms with E-state index in [1.165, 1.54) is 11.3 Å². The van der Waals surface area contributed by atoms with Gasteiger partial charge in [0.05, 0.1) is 6.54 Å². The zero-order chi connectivity index (χ0) is 17.1. The molecule has 0 unspecified atom stereocenters. The Balaban J connectivity index is 1.80. The van der Waals surface area contributed by atoms with E-state index in [-0.39, 0.29) is 5.56 Å². The molecule has 7 N–H and O–H groups in total. The molecular weight excluding hydrogens is 350 g/mol. The topological polar surface area (TPSA) is 135 Å². The fourth-order valence-corrected chi connectivity index (χ4v) is 2.90. The normalized spacial score (nSPS) is 10.5. The van der Waals surface area contributed by atoms with Crippen LogP contribution in [0.2, 0.25) is 5.02 Å². The molecule has 0 spiro atoms. The summed E-state index contributed by atoms with van der Waals surface area (Å²) in [5.41, 5.74) is 12.0. The fraction of sp³-hybridized carbons (Fsp3) is 0.0714. The van der Waals surface area contributed by atoms with Crippen LogP contribution in [-0.2, 0) is 6.54 Å². The Labute approximate surface area is 146 Å². The minimum atomic E-state index is -0.611. The molecule has 0 saturated carbocycles. The number of nitrogen functional groups attached to an aromatic ring is 1. The molecule has 2 aromatic heterocycles. The molecule has 0 saturated heterocycles. The highest BCUT2D eigenvalue weighted by Gasteiger charge is 2.18. The van der Waals surface area contributed by atoms with Gasteiger partial charge in [-0.1, -0.05) is 17.7 Å². The molecule has 1 amide bonds. The van der Waals surface area contributed by atoms with Crippen LogP contribution in [0.15, 0.2) is 30.5 Å². The van der Waals surface area contributed by atoms with Gasteiger partial charge in [-0.15, -0.1) is 11.3 Å². The summed E-state index contributed by atoms with van der Waals surface area (Å²) >= 11 is 7.31. The molecule has 124 valence electrons. The molecule has 0 bridgehead atoms. The first kappa shape index (κ1) is 16.1. The number of nitrogens with two attached hydrogens (primary N) is 2. The Bertz CT molecular complexity index is 876. The van der Waals surface area contributed by atoms with Crippen LogP contribution in [0.3, 0.4) is 0 Å². The van der Waals surface area contributed by atoms with E-state index < -0.39 is 5.91 Å². The molecule has 24 heavy (non-hydrogen) atoms. The van der Waals surface area contributed by atoms with Crippen LogP contribution in [0.25, 0.3) is 0 Å². The quantitative estimate of drug-likeness (QED) is 0.456. The predicted octanol–water partition coefficient (Wildman–Crippen LogP) is 2.56. The molecule has 0 aliphatic heterocycles. The van der Waals surface area contributed by atoms with Gasteiger partial charge < -0.3 is 22.1 Å². The molecule has 0 aliphatic rings. The zero-order valence-electron chi connectivity index (χ0n) is 12.3. The monoisotopic (exact) mass is 363 g/mol. The van der Waals surface area contributed by atoms with E-state index in [0.717, 1.165) is 4.88 Å². The predicted molar refractivity (Wildman–Crippen MR) is 95.7 cm³/mol. The van der Waals surface area contributed by atoms with Crippen LogP contribution >= 0.6 is 22.9 Å². The summed E-state index contributed by atoms with van der Waals surface area (Å²) in [4.78, 5) is 16.7. The van der Waals surface area contributed by atoms with Crippen molar-refractivity contribution in [3.05, 3.63) is 45.9 Å². The Hall–Kier alpha value is -2.78. The van der Waals surface area contributed by atoms with Crippen molar-refractivity contribution in [1.29, 1.82) is 0 Å². The zero-order valence-corrected chi connectivity index (χ0v) is 13.9. The number of aromatic amines is 1. The van der Waals surface area contributed by atoms with Gasteiger partial charge in [0.1, 0.15) is 11.4 Å². The van der Waals surface area contributed by atoms with Gasteiger partial charge in [0, 0.05) is 21.8 Å². The van der Waals surface area contributed by atoms with Crippen LogP contribution in [0.1, 0.15) is 15.2 Å². The molecule has 0 aliphatic carbocycles. The molecule has 0 fully saturated rings. The highest BCUT2D eigenvalue weighted by Crippen LogP contribution is 2.26. The lowest BCUT2D eigenvalue weighted by Gasteiger charge is -2.07. The van der Waals surface area contributed by atoms with Crippen molar-refractivity contribution in [3.8, 4) is 0 Å². The number of halogens is 1. The van der Waals surface area contributed by atoms with E-state index >= 15 is 0 Å². The maximum Gasteiger partial charge on any atom is 0.256 e. The summed E-state index contributed by atoms with van der Waals surface area (Å²) in [6, 6.07) is 7.08. The van der Waals surface area contributed by atoms with Gasteiger partial charge >= 0.3 is 0 Å². The lowest BCUT2D eigenvalue weighted by molar-refractivity contribution is 0.100. The number of rotatable bonds is 6. The first-order valence-electron chi connectivity index (χ1n) is 6.87. The number of benzene rings is 1. The van der Waals surface area contributed by atoms with E-state index in [4.69, 9.17) is 23.1 Å². The summed E-state index contributed by atoms with van der Waals surface area (Å²) in [6.07, 6.45) is 1.66. The maximum atomic E-state index is 11.8. The first-order chi connectivity index (χ1) is 11.5. The van der Waals surface area contributed by atoms with Gasteiger partial charge in [-0.05, 0) is 18.2 Å². The number of aromatic nitrogens is 3. The number of amides is 1. The van der Waals surface area contributed by atoms with E-state index in [1.807, 2.05) is 6.07 Å². The molecule has 1 aromatic carbocycles. The van der Waals surface area contributed by atoms with Crippen molar-refractivity contribution in [2.75, 3.05) is 16.4 Å². The third-order valence-corrected chi connectivity index (χ3v) is 4.17. The number of H-pyrrole nitrogens is 1. The van der Waals surface area contributed by atoms with Crippen LogP contribution in [-0.4, -0.2) is 21.1 Å². The number of carbonyl (C=O) groups is 1. The highest BCUT2D eigenvalue weighted by molar-refractivity contribution is 7.15. The molecule has 0 radical (unpaired) electrons. The molecule has 0 atom stereocenters. The van der Waals surface area contributed by atoms with Gasteiger partial charge in [-0.25, -0.2) is 4.98 Å². The summed E-state index contributed by atoms with van der Waals surface area (Å²) in [7, 11) is 0. The van der Waals surface area contributed by atoms with Gasteiger partial charge in [0.2, 0.25) is 0 Å².